The van der Waals surface area contributed by atoms with Gasteiger partial charge in [-0.15, -0.1) is 11.3 Å². The van der Waals surface area contributed by atoms with E-state index in [9.17, 15) is 4.79 Å². The summed E-state index contributed by atoms with van der Waals surface area (Å²) in [6.45, 7) is 0.730. The Labute approximate surface area is 139 Å². The van der Waals surface area contributed by atoms with E-state index >= 15 is 0 Å². The highest BCUT2D eigenvalue weighted by Gasteiger charge is 2.28. The molecule has 2 heterocycles. The quantitative estimate of drug-likeness (QED) is 0.790. The van der Waals surface area contributed by atoms with Gasteiger partial charge in [-0.3, -0.25) is 4.79 Å². The van der Waals surface area contributed by atoms with E-state index in [-0.39, 0.29) is 11.8 Å². The van der Waals surface area contributed by atoms with Crippen LogP contribution in [0.2, 0.25) is 4.34 Å². The van der Waals surface area contributed by atoms with E-state index in [2.05, 4.69) is 21.4 Å². The van der Waals surface area contributed by atoms with Gasteiger partial charge in [0.25, 0.3) is 0 Å². The Morgan fingerprint density at radius 1 is 1.45 bits per heavy atom. The standard InChI is InChI=1S/C16H20ClN3OS/c17-14-8-7-11(22-14)4-1-2-9-18-16(21)12-5-3-6-13-15(12)20-10-19-13/h7-8,10,12H,1-6,9H2,(H,18,21)(H,19,20)/t12-/m1/s1. The second kappa shape index (κ2) is 7.29. The SMILES string of the molecule is O=C(NCCCCc1ccc(Cl)s1)[C@@H]1CCCc2[nH]cnc21. The maximum Gasteiger partial charge on any atom is 0.229 e. The van der Waals surface area contributed by atoms with Crippen molar-refractivity contribution in [3.05, 3.63) is 39.1 Å². The third kappa shape index (κ3) is 3.70. The Balaban J connectivity index is 1.40. The maximum atomic E-state index is 12.3. The molecular formula is C16H20ClN3OS. The second-order valence-corrected chi connectivity index (χ2v) is 7.46. The number of nitrogens with one attached hydrogen (secondary N) is 2. The molecule has 22 heavy (non-hydrogen) atoms. The van der Waals surface area contributed by atoms with Gasteiger partial charge in [0.2, 0.25) is 5.91 Å². The first-order valence-electron chi connectivity index (χ1n) is 7.78. The molecule has 0 fully saturated rings. The van der Waals surface area contributed by atoms with Gasteiger partial charge in [-0.2, -0.15) is 0 Å². The minimum Gasteiger partial charge on any atom is -0.356 e. The number of rotatable bonds is 6. The first-order valence-corrected chi connectivity index (χ1v) is 8.97. The van der Waals surface area contributed by atoms with Gasteiger partial charge in [-0.05, 0) is 50.7 Å². The number of amides is 1. The Kier molecular flexibility index (Phi) is 5.16. The van der Waals surface area contributed by atoms with Crippen LogP contribution in [0.3, 0.4) is 0 Å². The van der Waals surface area contributed by atoms with E-state index < -0.39 is 0 Å². The summed E-state index contributed by atoms with van der Waals surface area (Å²) in [5, 5.41) is 3.06. The fraction of sp³-hybridized carbons (Fsp3) is 0.500. The zero-order chi connectivity index (χ0) is 15.4. The lowest BCUT2D eigenvalue weighted by molar-refractivity contribution is -0.122. The molecule has 0 radical (unpaired) electrons. The highest BCUT2D eigenvalue weighted by molar-refractivity contribution is 7.16. The van der Waals surface area contributed by atoms with Gasteiger partial charge in [-0.25, -0.2) is 4.98 Å². The van der Waals surface area contributed by atoms with E-state index in [0.29, 0.717) is 0 Å². The van der Waals surface area contributed by atoms with E-state index in [4.69, 9.17) is 11.6 Å². The number of thiophene rings is 1. The molecule has 0 aromatic carbocycles. The summed E-state index contributed by atoms with van der Waals surface area (Å²) in [5.41, 5.74) is 2.07. The zero-order valence-corrected chi connectivity index (χ0v) is 14.0. The Bertz CT molecular complexity index is 637. The Hall–Kier alpha value is -1.33. The molecule has 4 nitrogen and oxygen atoms in total. The summed E-state index contributed by atoms with van der Waals surface area (Å²) in [7, 11) is 0. The number of nitrogens with zero attached hydrogens (tertiary/aromatic N) is 1. The molecule has 2 N–H and O–H groups in total. The van der Waals surface area contributed by atoms with Crippen LogP contribution in [0.15, 0.2) is 18.5 Å². The van der Waals surface area contributed by atoms with Gasteiger partial charge in [0.05, 0.1) is 22.3 Å². The largest absolute Gasteiger partial charge is 0.356 e. The summed E-state index contributed by atoms with van der Waals surface area (Å²) in [6, 6.07) is 4.01. The molecule has 3 rings (SSSR count). The van der Waals surface area contributed by atoms with E-state index in [1.807, 2.05) is 6.07 Å². The monoisotopic (exact) mass is 337 g/mol. The molecule has 6 heteroatoms. The summed E-state index contributed by atoms with van der Waals surface area (Å²) in [4.78, 5) is 21.1. The van der Waals surface area contributed by atoms with Crippen LogP contribution in [0.25, 0.3) is 0 Å². The molecule has 0 aliphatic heterocycles. The molecule has 0 saturated heterocycles. The molecule has 0 unspecified atom stereocenters. The average Bonchev–Trinajstić information content (AvgIpc) is 3.15. The Morgan fingerprint density at radius 2 is 2.36 bits per heavy atom. The van der Waals surface area contributed by atoms with Crippen LogP contribution in [0.4, 0.5) is 0 Å². The molecule has 2 aromatic heterocycles. The van der Waals surface area contributed by atoms with Crippen molar-refractivity contribution < 1.29 is 4.79 Å². The Morgan fingerprint density at radius 3 is 3.18 bits per heavy atom. The van der Waals surface area contributed by atoms with Crippen molar-refractivity contribution in [1.29, 1.82) is 0 Å². The third-order valence-corrected chi connectivity index (χ3v) is 5.39. The highest BCUT2D eigenvalue weighted by atomic mass is 35.5. The van der Waals surface area contributed by atoms with Gasteiger partial charge in [0.15, 0.2) is 0 Å². The molecule has 1 aliphatic carbocycles. The van der Waals surface area contributed by atoms with Gasteiger partial charge in [0.1, 0.15) is 0 Å². The minimum atomic E-state index is -0.0777. The molecule has 0 spiro atoms. The van der Waals surface area contributed by atoms with Gasteiger partial charge < -0.3 is 10.3 Å². The average molecular weight is 338 g/mol. The zero-order valence-electron chi connectivity index (χ0n) is 12.4. The number of carbonyl (C=O) groups excluding carboxylic acids is 1. The topological polar surface area (TPSA) is 57.8 Å². The number of fused-ring (bicyclic) bond motifs is 1. The molecule has 2 aromatic rings. The lowest BCUT2D eigenvalue weighted by Crippen LogP contribution is -2.32. The van der Waals surface area contributed by atoms with Crippen LogP contribution < -0.4 is 5.32 Å². The smallest absolute Gasteiger partial charge is 0.229 e. The first kappa shape index (κ1) is 15.6. The lowest BCUT2D eigenvalue weighted by atomic mass is 9.89. The van der Waals surface area contributed by atoms with Crippen LogP contribution in [0, 0.1) is 0 Å². The summed E-state index contributed by atoms with van der Waals surface area (Å²) >= 11 is 7.55. The fourth-order valence-electron chi connectivity index (χ4n) is 2.95. The normalized spacial score (nSPS) is 17.2. The van der Waals surface area contributed by atoms with Gasteiger partial charge >= 0.3 is 0 Å². The second-order valence-electron chi connectivity index (χ2n) is 5.67. The molecule has 1 atom stereocenters. The van der Waals surface area contributed by atoms with Crippen molar-refractivity contribution in [3.8, 4) is 0 Å². The number of H-pyrrole nitrogens is 1. The minimum absolute atomic E-state index is 0.0777. The number of carbonyl (C=O) groups is 1. The summed E-state index contributed by atoms with van der Waals surface area (Å²) in [6.07, 6.45) is 7.73. The van der Waals surface area contributed by atoms with Gasteiger partial charge in [-0.1, -0.05) is 11.6 Å². The molecule has 0 bridgehead atoms. The van der Waals surface area contributed by atoms with Crippen LogP contribution in [0.1, 0.15) is 47.9 Å². The van der Waals surface area contributed by atoms with Crippen molar-refractivity contribution in [1.82, 2.24) is 15.3 Å². The number of hydrogen-bond donors (Lipinski definition) is 2. The molecular weight excluding hydrogens is 318 g/mol. The lowest BCUT2D eigenvalue weighted by Gasteiger charge is -2.20. The molecule has 1 amide bonds. The van der Waals surface area contributed by atoms with Crippen LogP contribution in [-0.2, 0) is 17.6 Å². The van der Waals surface area contributed by atoms with E-state index in [0.717, 1.165) is 60.8 Å². The van der Waals surface area contributed by atoms with Crippen molar-refractivity contribution in [2.45, 2.75) is 44.4 Å². The van der Waals surface area contributed by atoms with Crippen molar-refractivity contribution in [3.63, 3.8) is 0 Å². The van der Waals surface area contributed by atoms with Gasteiger partial charge in [0, 0.05) is 17.1 Å². The number of halogens is 1. The highest BCUT2D eigenvalue weighted by Crippen LogP contribution is 2.29. The first-order chi connectivity index (χ1) is 10.7. The number of aryl methyl sites for hydroxylation is 2. The summed E-state index contributed by atoms with van der Waals surface area (Å²) < 4.78 is 0.843. The van der Waals surface area contributed by atoms with Crippen molar-refractivity contribution >= 4 is 28.8 Å². The number of aromatic amines is 1. The van der Waals surface area contributed by atoms with Crippen molar-refractivity contribution in [2.75, 3.05) is 6.54 Å². The molecule has 118 valence electrons. The predicted molar refractivity (Wildman–Crippen MR) is 89.5 cm³/mol. The van der Waals surface area contributed by atoms with E-state index in [1.165, 1.54) is 4.88 Å². The summed E-state index contributed by atoms with van der Waals surface area (Å²) in [5.74, 6) is 0.0401. The molecule has 1 aliphatic rings. The number of aromatic nitrogens is 2. The van der Waals surface area contributed by atoms with Crippen LogP contribution in [-0.4, -0.2) is 22.4 Å². The van der Waals surface area contributed by atoms with Crippen molar-refractivity contribution in [2.24, 2.45) is 0 Å². The maximum absolute atomic E-state index is 12.3. The molecule has 0 saturated carbocycles. The number of hydrogen-bond acceptors (Lipinski definition) is 3. The van der Waals surface area contributed by atoms with Crippen LogP contribution >= 0.6 is 22.9 Å². The third-order valence-electron chi connectivity index (χ3n) is 4.10. The fourth-order valence-corrected chi connectivity index (χ4v) is 4.08. The number of imidazole rings is 1. The van der Waals surface area contributed by atoms with E-state index in [1.54, 1.807) is 17.7 Å². The predicted octanol–water partition coefficient (Wildman–Crippen LogP) is 3.68. The van der Waals surface area contributed by atoms with Crippen LogP contribution in [0.5, 0.6) is 0 Å². The number of unbranched alkanes of at least 4 members (excludes halogenated alkanes) is 1.